The fraction of sp³-hybridized carbons (Fsp3) is 0.429. The molecule has 1 saturated heterocycles. The maximum absolute atomic E-state index is 5.34. The average molecular weight is 139 g/mol. The van der Waals surface area contributed by atoms with E-state index in [2.05, 4.69) is 16.8 Å². The van der Waals surface area contributed by atoms with Crippen molar-refractivity contribution in [2.24, 2.45) is 5.73 Å². The number of nitrogens with one attached hydrogen (secondary N) is 1. The molecule has 1 aliphatic rings. The maximum atomic E-state index is 5.34. The van der Waals surface area contributed by atoms with E-state index in [1.165, 1.54) is 0 Å². The number of rotatable bonds is 1. The van der Waals surface area contributed by atoms with Gasteiger partial charge in [0, 0.05) is 25.0 Å². The van der Waals surface area contributed by atoms with Gasteiger partial charge in [-0.25, -0.2) is 0 Å². The molecule has 0 saturated carbocycles. The summed E-state index contributed by atoms with van der Waals surface area (Å²) in [6.07, 6.45) is 1.60. The molecule has 0 amide bonds. The Labute approximate surface area is 61.2 Å². The van der Waals surface area contributed by atoms with Gasteiger partial charge in [0.2, 0.25) is 0 Å². The molecule has 0 unspecified atom stereocenters. The lowest BCUT2D eigenvalue weighted by atomic mass is 10.4. The second-order valence-corrected chi connectivity index (χ2v) is 2.33. The monoisotopic (exact) mass is 139 g/mol. The Bertz CT molecular complexity index is 172. The first-order chi connectivity index (χ1) is 4.75. The van der Waals surface area contributed by atoms with Crippen LogP contribution in [-0.2, 0) is 0 Å². The van der Waals surface area contributed by atoms with Crippen LogP contribution in [0.25, 0.3) is 0 Å². The van der Waals surface area contributed by atoms with Crippen molar-refractivity contribution in [2.75, 3.05) is 13.1 Å². The fourth-order valence-electron chi connectivity index (χ4n) is 1.02. The van der Waals surface area contributed by atoms with Crippen molar-refractivity contribution >= 4 is 0 Å². The zero-order valence-corrected chi connectivity index (χ0v) is 6.22. The highest BCUT2D eigenvalue weighted by Crippen LogP contribution is 2.11. The van der Waals surface area contributed by atoms with E-state index in [1.54, 1.807) is 6.20 Å². The van der Waals surface area contributed by atoms with Crippen molar-refractivity contribution in [3.63, 3.8) is 0 Å². The smallest absolute Gasteiger partial charge is 0.0982 e. The van der Waals surface area contributed by atoms with Crippen molar-refractivity contribution in [1.29, 1.82) is 0 Å². The number of allylic oxidation sites excluding steroid dienone is 1. The topological polar surface area (TPSA) is 41.3 Å². The molecular weight excluding hydrogens is 126 g/mol. The van der Waals surface area contributed by atoms with Gasteiger partial charge in [0.25, 0.3) is 0 Å². The van der Waals surface area contributed by atoms with Crippen molar-refractivity contribution in [2.45, 2.75) is 6.92 Å². The molecule has 0 radical (unpaired) electrons. The van der Waals surface area contributed by atoms with Crippen LogP contribution in [-0.4, -0.2) is 18.0 Å². The Morgan fingerprint density at radius 2 is 2.60 bits per heavy atom. The van der Waals surface area contributed by atoms with Gasteiger partial charge in [0.1, 0.15) is 0 Å². The minimum absolute atomic E-state index is 0.944. The van der Waals surface area contributed by atoms with Crippen LogP contribution < -0.4 is 11.1 Å². The van der Waals surface area contributed by atoms with Crippen LogP contribution in [0.15, 0.2) is 24.3 Å². The normalized spacial score (nSPS) is 19.5. The first kappa shape index (κ1) is 6.99. The maximum Gasteiger partial charge on any atom is 0.0982 e. The standard InChI is InChI=1S/C7H13N3/c1-6(5-8)10-4-3-9-7(10)2/h5,9H,2-4,8H2,1H3/b6-5-. The fourth-order valence-corrected chi connectivity index (χ4v) is 1.02. The molecule has 1 heterocycles. The number of nitrogens with two attached hydrogens (primary N) is 1. The third-order valence-corrected chi connectivity index (χ3v) is 1.66. The van der Waals surface area contributed by atoms with Crippen LogP contribution in [0, 0.1) is 0 Å². The molecular formula is C7H13N3. The first-order valence-corrected chi connectivity index (χ1v) is 3.34. The number of nitrogens with zero attached hydrogens (tertiary/aromatic N) is 1. The van der Waals surface area contributed by atoms with Crippen LogP contribution >= 0.6 is 0 Å². The van der Waals surface area contributed by atoms with Crippen LogP contribution in [0.5, 0.6) is 0 Å². The molecule has 0 aliphatic carbocycles. The van der Waals surface area contributed by atoms with Crippen molar-refractivity contribution in [3.8, 4) is 0 Å². The van der Waals surface area contributed by atoms with Crippen molar-refractivity contribution in [1.82, 2.24) is 10.2 Å². The molecule has 0 aromatic carbocycles. The molecule has 0 aromatic heterocycles. The lowest BCUT2D eigenvalue weighted by molar-refractivity contribution is 0.494. The summed E-state index contributed by atoms with van der Waals surface area (Å²) in [6, 6.07) is 0. The molecule has 3 heteroatoms. The number of hydrogen-bond acceptors (Lipinski definition) is 3. The van der Waals surface area contributed by atoms with Crippen LogP contribution in [0.1, 0.15) is 6.92 Å². The predicted octanol–water partition coefficient (Wildman–Crippen LogP) is 0.183. The van der Waals surface area contributed by atoms with E-state index in [0.29, 0.717) is 0 Å². The second kappa shape index (κ2) is 2.64. The number of hydrogen-bond donors (Lipinski definition) is 2. The Hall–Kier alpha value is -1.12. The minimum Gasteiger partial charge on any atom is -0.403 e. The van der Waals surface area contributed by atoms with Crippen molar-refractivity contribution in [3.05, 3.63) is 24.3 Å². The molecule has 0 bridgehead atoms. The molecule has 10 heavy (non-hydrogen) atoms. The molecule has 0 aromatic rings. The Morgan fingerprint density at radius 1 is 1.90 bits per heavy atom. The summed E-state index contributed by atoms with van der Waals surface area (Å²) >= 11 is 0. The molecule has 1 rings (SSSR count). The summed E-state index contributed by atoms with van der Waals surface area (Å²) in [4.78, 5) is 2.06. The summed E-state index contributed by atoms with van der Waals surface area (Å²) in [5.41, 5.74) is 6.39. The van der Waals surface area contributed by atoms with E-state index in [0.717, 1.165) is 24.6 Å². The molecule has 0 spiro atoms. The van der Waals surface area contributed by atoms with Gasteiger partial charge in [-0.2, -0.15) is 0 Å². The van der Waals surface area contributed by atoms with Gasteiger partial charge < -0.3 is 16.0 Å². The van der Waals surface area contributed by atoms with E-state index in [9.17, 15) is 0 Å². The van der Waals surface area contributed by atoms with Gasteiger partial charge >= 0.3 is 0 Å². The summed E-state index contributed by atoms with van der Waals surface area (Å²) in [6.45, 7) is 7.73. The third kappa shape index (κ3) is 1.07. The van der Waals surface area contributed by atoms with Crippen LogP contribution in [0.4, 0.5) is 0 Å². The lowest BCUT2D eigenvalue weighted by Gasteiger charge is -2.17. The Kier molecular flexibility index (Phi) is 1.85. The van der Waals surface area contributed by atoms with Gasteiger partial charge in [-0.15, -0.1) is 0 Å². The minimum atomic E-state index is 0.944. The summed E-state index contributed by atoms with van der Waals surface area (Å²) in [5, 5.41) is 3.12. The van der Waals surface area contributed by atoms with E-state index in [4.69, 9.17) is 5.73 Å². The van der Waals surface area contributed by atoms with Gasteiger partial charge in [0.15, 0.2) is 0 Å². The van der Waals surface area contributed by atoms with Gasteiger partial charge in [-0.3, -0.25) is 0 Å². The lowest BCUT2D eigenvalue weighted by Crippen LogP contribution is -2.17. The van der Waals surface area contributed by atoms with E-state index >= 15 is 0 Å². The van der Waals surface area contributed by atoms with Gasteiger partial charge in [-0.05, 0) is 6.92 Å². The van der Waals surface area contributed by atoms with E-state index < -0.39 is 0 Å². The third-order valence-electron chi connectivity index (χ3n) is 1.66. The highest BCUT2D eigenvalue weighted by Gasteiger charge is 2.14. The van der Waals surface area contributed by atoms with E-state index in [-0.39, 0.29) is 0 Å². The van der Waals surface area contributed by atoms with Crippen LogP contribution in [0.3, 0.4) is 0 Å². The molecule has 3 nitrogen and oxygen atoms in total. The highest BCUT2D eigenvalue weighted by molar-refractivity contribution is 5.09. The molecule has 1 aliphatic heterocycles. The summed E-state index contributed by atoms with van der Waals surface area (Å²) in [5.74, 6) is 0.944. The zero-order valence-electron chi connectivity index (χ0n) is 6.22. The zero-order chi connectivity index (χ0) is 7.56. The van der Waals surface area contributed by atoms with Gasteiger partial charge in [0.05, 0.1) is 5.82 Å². The summed E-state index contributed by atoms with van der Waals surface area (Å²) in [7, 11) is 0. The van der Waals surface area contributed by atoms with Crippen molar-refractivity contribution < 1.29 is 0 Å². The second-order valence-electron chi connectivity index (χ2n) is 2.33. The molecule has 56 valence electrons. The predicted molar refractivity (Wildman–Crippen MR) is 41.8 cm³/mol. The molecule has 1 fully saturated rings. The van der Waals surface area contributed by atoms with E-state index in [1.807, 2.05) is 6.92 Å². The Morgan fingerprint density at radius 3 is 3.00 bits per heavy atom. The highest BCUT2D eigenvalue weighted by atomic mass is 15.3. The largest absolute Gasteiger partial charge is 0.403 e. The molecule has 0 atom stereocenters. The molecule has 3 N–H and O–H groups in total. The van der Waals surface area contributed by atoms with Gasteiger partial charge in [-0.1, -0.05) is 6.58 Å². The average Bonchev–Trinajstić information content (AvgIpc) is 2.34. The van der Waals surface area contributed by atoms with Crippen LogP contribution in [0.2, 0.25) is 0 Å². The summed E-state index contributed by atoms with van der Waals surface area (Å²) < 4.78 is 0. The quantitative estimate of drug-likeness (QED) is 0.544. The first-order valence-electron chi connectivity index (χ1n) is 3.34. The SMILES string of the molecule is C=C1NCCN1/C(C)=C\N. The Balaban J connectivity index is 2.64.